The van der Waals surface area contributed by atoms with Gasteiger partial charge in [-0.05, 0) is 79.1 Å². The standard InChI is InChI=1S/C30H41N7O4/c1-21-19-37(14-13-32-21)20-24-7-10-26(16-25(24)18-34-35-31)36(2)29(38)23-8-11-27(12-9-23)41-28-6-4-5-22(15-28)17-33-30(39)40-3/h4-7,10,15-16,21,23,27,32H,8-9,11-14,17-20H2,1-3H3,(H,33,39)/t21-,23?,27?/m0/s1. The fourth-order valence-electron chi connectivity index (χ4n) is 5.62. The predicted octanol–water partition coefficient (Wildman–Crippen LogP) is 4.75. The van der Waals surface area contributed by atoms with Gasteiger partial charge in [-0.1, -0.05) is 23.3 Å². The van der Waals surface area contributed by atoms with Crippen molar-refractivity contribution in [2.45, 2.75) is 64.4 Å². The molecule has 2 amide bonds. The van der Waals surface area contributed by atoms with E-state index in [1.165, 1.54) is 7.11 Å². The Morgan fingerprint density at radius 2 is 1.98 bits per heavy atom. The highest BCUT2D eigenvalue weighted by Gasteiger charge is 2.30. The van der Waals surface area contributed by atoms with E-state index in [-0.39, 0.29) is 24.5 Å². The number of nitrogens with one attached hydrogen (secondary N) is 2. The quantitative estimate of drug-likeness (QED) is 0.244. The van der Waals surface area contributed by atoms with Gasteiger partial charge in [0.25, 0.3) is 0 Å². The van der Waals surface area contributed by atoms with Crippen molar-refractivity contribution in [3.8, 4) is 5.75 Å². The van der Waals surface area contributed by atoms with Crippen LogP contribution in [0.2, 0.25) is 0 Å². The number of hydrogen-bond acceptors (Lipinski definition) is 7. The molecule has 2 aromatic carbocycles. The maximum Gasteiger partial charge on any atom is 0.407 e. The van der Waals surface area contributed by atoms with Crippen LogP contribution in [0.1, 0.15) is 49.3 Å². The Labute approximate surface area is 241 Å². The molecule has 0 spiro atoms. The van der Waals surface area contributed by atoms with Gasteiger partial charge in [-0.25, -0.2) is 4.79 Å². The highest BCUT2D eigenvalue weighted by atomic mass is 16.5. The number of anilines is 1. The maximum absolute atomic E-state index is 13.5. The molecule has 220 valence electrons. The van der Waals surface area contributed by atoms with Crippen LogP contribution >= 0.6 is 0 Å². The van der Waals surface area contributed by atoms with E-state index < -0.39 is 6.09 Å². The number of carbonyl (C=O) groups is 2. The first-order valence-electron chi connectivity index (χ1n) is 14.3. The lowest BCUT2D eigenvalue weighted by Gasteiger charge is -2.33. The second-order valence-corrected chi connectivity index (χ2v) is 10.9. The summed E-state index contributed by atoms with van der Waals surface area (Å²) in [5, 5.41) is 9.96. The Bertz CT molecular complexity index is 1240. The molecule has 1 aliphatic carbocycles. The molecule has 0 unspecified atom stereocenters. The van der Waals surface area contributed by atoms with E-state index in [0.29, 0.717) is 12.6 Å². The van der Waals surface area contributed by atoms with Gasteiger partial charge in [-0.2, -0.15) is 0 Å². The van der Waals surface area contributed by atoms with Crippen LogP contribution in [0.5, 0.6) is 5.75 Å². The number of nitrogens with zero attached hydrogens (tertiary/aromatic N) is 5. The van der Waals surface area contributed by atoms with E-state index >= 15 is 0 Å². The molecule has 0 bridgehead atoms. The van der Waals surface area contributed by atoms with Crippen LogP contribution in [0.4, 0.5) is 10.5 Å². The molecule has 1 atom stereocenters. The Kier molecular flexibility index (Phi) is 10.8. The average Bonchev–Trinajstić information content (AvgIpc) is 2.99. The summed E-state index contributed by atoms with van der Waals surface area (Å²) in [7, 11) is 3.16. The van der Waals surface area contributed by atoms with Crippen LogP contribution in [0.25, 0.3) is 10.4 Å². The number of hydrogen-bond donors (Lipinski definition) is 2. The van der Waals surface area contributed by atoms with Gasteiger partial charge in [0.05, 0.1) is 19.8 Å². The molecule has 1 heterocycles. The molecule has 2 N–H and O–H groups in total. The number of ether oxygens (including phenoxy) is 2. The molecule has 0 aromatic heterocycles. The van der Waals surface area contributed by atoms with Gasteiger partial charge in [-0.3, -0.25) is 9.69 Å². The van der Waals surface area contributed by atoms with Gasteiger partial charge in [0.2, 0.25) is 5.91 Å². The van der Waals surface area contributed by atoms with Crippen LogP contribution in [0.15, 0.2) is 47.6 Å². The van der Waals surface area contributed by atoms with Crippen molar-refractivity contribution >= 4 is 17.7 Å². The second kappa shape index (κ2) is 14.7. The first kappa shape index (κ1) is 30.2. The Hall–Kier alpha value is -3.79. The summed E-state index contributed by atoms with van der Waals surface area (Å²) in [6.07, 6.45) is 2.65. The lowest BCUT2D eigenvalue weighted by Crippen LogP contribution is -2.48. The van der Waals surface area contributed by atoms with Crippen molar-refractivity contribution in [1.82, 2.24) is 15.5 Å². The fraction of sp³-hybridized carbons (Fsp3) is 0.533. The zero-order valence-corrected chi connectivity index (χ0v) is 24.2. The van der Waals surface area contributed by atoms with Gasteiger partial charge < -0.3 is 25.0 Å². The Balaban J connectivity index is 1.33. The monoisotopic (exact) mass is 563 g/mol. The van der Waals surface area contributed by atoms with Crippen molar-refractivity contribution in [3.05, 3.63) is 69.6 Å². The minimum absolute atomic E-state index is 0.0376. The molecule has 1 saturated carbocycles. The molecular formula is C30H41N7O4. The largest absolute Gasteiger partial charge is 0.490 e. The smallest absolute Gasteiger partial charge is 0.407 e. The van der Waals surface area contributed by atoms with Gasteiger partial charge in [0.15, 0.2) is 0 Å². The minimum atomic E-state index is -0.475. The molecule has 1 saturated heterocycles. The molecule has 11 nitrogen and oxygen atoms in total. The molecule has 2 aromatic rings. The molecular weight excluding hydrogens is 522 g/mol. The van der Waals surface area contributed by atoms with Gasteiger partial charge in [0.1, 0.15) is 5.75 Å². The van der Waals surface area contributed by atoms with E-state index in [4.69, 9.17) is 10.3 Å². The van der Waals surface area contributed by atoms with Crippen LogP contribution in [0, 0.1) is 5.92 Å². The number of alkyl carbamates (subject to hydrolysis) is 1. The molecule has 11 heteroatoms. The lowest BCUT2D eigenvalue weighted by atomic mass is 9.86. The lowest BCUT2D eigenvalue weighted by molar-refractivity contribution is -0.123. The molecule has 2 aliphatic rings. The van der Waals surface area contributed by atoms with Gasteiger partial charge in [0, 0.05) is 62.3 Å². The van der Waals surface area contributed by atoms with Crippen molar-refractivity contribution < 1.29 is 19.1 Å². The number of benzene rings is 2. The first-order valence-corrected chi connectivity index (χ1v) is 14.3. The summed E-state index contributed by atoms with van der Waals surface area (Å²) < 4.78 is 10.8. The Morgan fingerprint density at radius 1 is 1.17 bits per heavy atom. The fourth-order valence-corrected chi connectivity index (χ4v) is 5.62. The van der Waals surface area contributed by atoms with Crippen LogP contribution in [-0.4, -0.2) is 62.8 Å². The predicted molar refractivity (Wildman–Crippen MR) is 158 cm³/mol. The number of rotatable bonds is 10. The van der Waals surface area contributed by atoms with Crippen molar-refractivity contribution in [1.29, 1.82) is 0 Å². The number of amides is 2. The van der Waals surface area contributed by atoms with Crippen molar-refractivity contribution in [3.63, 3.8) is 0 Å². The van der Waals surface area contributed by atoms with E-state index in [2.05, 4.69) is 43.3 Å². The number of azide groups is 1. The van der Waals surface area contributed by atoms with Gasteiger partial charge >= 0.3 is 6.09 Å². The third kappa shape index (κ3) is 8.60. The van der Waals surface area contributed by atoms with E-state index in [9.17, 15) is 9.59 Å². The summed E-state index contributed by atoms with van der Waals surface area (Å²) in [6, 6.07) is 14.1. The normalized spacial score (nSPS) is 20.9. The molecule has 2 fully saturated rings. The van der Waals surface area contributed by atoms with Crippen molar-refractivity contribution in [2.24, 2.45) is 11.0 Å². The number of piperazine rings is 1. The summed E-state index contributed by atoms with van der Waals surface area (Å²) in [4.78, 5) is 31.9. The van der Waals surface area contributed by atoms with Crippen molar-refractivity contribution in [2.75, 3.05) is 38.7 Å². The van der Waals surface area contributed by atoms with Gasteiger partial charge in [-0.15, -0.1) is 0 Å². The highest BCUT2D eigenvalue weighted by molar-refractivity contribution is 5.94. The highest BCUT2D eigenvalue weighted by Crippen LogP contribution is 2.31. The molecule has 41 heavy (non-hydrogen) atoms. The zero-order chi connectivity index (χ0) is 29.2. The van der Waals surface area contributed by atoms with Crippen LogP contribution in [0.3, 0.4) is 0 Å². The summed E-state index contributed by atoms with van der Waals surface area (Å²) in [5.74, 6) is 0.778. The second-order valence-electron chi connectivity index (χ2n) is 10.9. The van der Waals surface area contributed by atoms with E-state index in [1.807, 2.05) is 43.4 Å². The Morgan fingerprint density at radius 3 is 2.71 bits per heavy atom. The molecule has 0 radical (unpaired) electrons. The molecule has 4 rings (SSSR count). The minimum Gasteiger partial charge on any atom is -0.490 e. The van der Waals surface area contributed by atoms with Crippen LogP contribution < -0.4 is 20.3 Å². The first-order chi connectivity index (χ1) is 19.9. The molecule has 1 aliphatic heterocycles. The summed E-state index contributed by atoms with van der Waals surface area (Å²) in [5.41, 5.74) is 12.7. The maximum atomic E-state index is 13.5. The number of methoxy groups -OCH3 is 1. The third-order valence-corrected chi connectivity index (χ3v) is 7.91. The number of carbonyl (C=O) groups excluding carboxylic acids is 2. The zero-order valence-electron chi connectivity index (χ0n) is 24.2. The third-order valence-electron chi connectivity index (χ3n) is 7.91. The SMILES string of the molecule is COC(=O)NCc1cccc(OC2CCC(C(=O)N(C)c3ccc(CN4CCN[C@@H](C)C4)c(CN=[N+]=[N-])c3)CC2)c1. The van der Waals surface area contributed by atoms with E-state index in [1.54, 1.807) is 4.90 Å². The topological polar surface area (TPSA) is 132 Å². The average molecular weight is 564 g/mol. The summed E-state index contributed by atoms with van der Waals surface area (Å²) in [6.45, 7) is 6.47. The van der Waals surface area contributed by atoms with E-state index in [0.717, 1.165) is 80.0 Å². The summed E-state index contributed by atoms with van der Waals surface area (Å²) >= 11 is 0. The van der Waals surface area contributed by atoms with Crippen LogP contribution in [-0.2, 0) is 29.2 Å².